The van der Waals surface area contributed by atoms with Gasteiger partial charge in [0.2, 0.25) is 9.84 Å². The molecule has 2 heterocycles. The molecule has 4 aromatic rings. The molecule has 0 saturated carbocycles. The molecule has 2 aromatic heterocycles. The van der Waals surface area contributed by atoms with Crippen molar-refractivity contribution >= 4 is 65.2 Å². The van der Waals surface area contributed by atoms with Crippen molar-refractivity contribution in [3.05, 3.63) is 67.8 Å². The molecule has 28 heavy (non-hydrogen) atoms. The molecule has 10 heteroatoms. The maximum absolute atomic E-state index is 13.3. The zero-order valence-corrected chi connectivity index (χ0v) is 18.0. The van der Waals surface area contributed by atoms with Crippen molar-refractivity contribution in [3.8, 4) is 5.69 Å². The van der Waals surface area contributed by atoms with Crippen molar-refractivity contribution in [1.29, 1.82) is 0 Å². The van der Waals surface area contributed by atoms with Gasteiger partial charge in [-0.1, -0.05) is 0 Å². The summed E-state index contributed by atoms with van der Waals surface area (Å²) in [4.78, 5) is 13.0. The van der Waals surface area contributed by atoms with Crippen molar-refractivity contribution < 1.29 is 8.42 Å². The smallest absolute Gasteiger partial charge is 0.282 e. The molecule has 0 unspecified atom stereocenters. The molecule has 0 aliphatic rings. The number of sulfone groups is 1. The Bertz CT molecular complexity index is 1360. The van der Waals surface area contributed by atoms with Crippen LogP contribution in [0.2, 0.25) is 0 Å². The molecule has 0 atom stereocenters. The first-order valence-electron chi connectivity index (χ1n) is 7.95. The van der Waals surface area contributed by atoms with Crippen LogP contribution in [0, 0.1) is 3.57 Å². The molecular formula is C18H13IN4O3S2. The van der Waals surface area contributed by atoms with E-state index in [-0.39, 0.29) is 25.7 Å². The molecule has 4 rings (SSSR count). The number of thiophene rings is 1. The highest BCUT2D eigenvalue weighted by atomic mass is 127. The second kappa shape index (κ2) is 6.87. The normalized spacial score (nSPS) is 11.8. The third-order valence-corrected chi connectivity index (χ3v) is 7.40. The van der Waals surface area contributed by atoms with E-state index in [0.717, 1.165) is 19.6 Å². The molecule has 4 N–H and O–H groups in total. The number of hydrogen-bond acceptors (Lipinski definition) is 7. The third-order valence-electron chi connectivity index (χ3n) is 4.16. The van der Waals surface area contributed by atoms with E-state index in [0.29, 0.717) is 11.4 Å². The Morgan fingerprint density at radius 2 is 1.64 bits per heavy atom. The minimum absolute atomic E-state index is 0.0353. The van der Waals surface area contributed by atoms with Crippen LogP contribution in [-0.2, 0) is 9.84 Å². The molecule has 0 amide bonds. The van der Waals surface area contributed by atoms with Gasteiger partial charge in [-0.25, -0.2) is 8.42 Å². The van der Waals surface area contributed by atoms with Crippen LogP contribution in [0.5, 0.6) is 0 Å². The summed E-state index contributed by atoms with van der Waals surface area (Å²) in [7, 11) is -4.00. The van der Waals surface area contributed by atoms with Crippen molar-refractivity contribution in [3.63, 3.8) is 0 Å². The molecule has 0 radical (unpaired) electrons. The van der Waals surface area contributed by atoms with Gasteiger partial charge in [-0.05, 0) is 71.1 Å². The van der Waals surface area contributed by atoms with E-state index in [1.54, 1.807) is 29.6 Å². The summed E-state index contributed by atoms with van der Waals surface area (Å²) in [6.07, 6.45) is 0. The number of fused-ring (bicyclic) bond motifs is 1. The predicted octanol–water partition coefficient (Wildman–Crippen LogP) is 3.05. The first-order valence-corrected chi connectivity index (χ1v) is 11.4. The quantitative estimate of drug-likeness (QED) is 0.314. The van der Waals surface area contributed by atoms with Gasteiger partial charge >= 0.3 is 0 Å². The lowest BCUT2D eigenvalue weighted by Gasteiger charge is -2.10. The van der Waals surface area contributed by atoms with Crippen LogP contribution in [0.15, 0.2) is 68.6 Å². The minimum Gasteiger partial charge on any atom is -0.399 e. The van der Waals surface area contributed by atoms with Gasteiger partial charge in [-0.3, -0.25) is 4.79 Å². The van der Waals surface area contributed by atoms with Crippen molar-refractivity contribution in [2.75, 3.05) is 11.5 Å². The van der Waals surface area contributed by atoms with Crippen molar-refractivity contribution in [2.24, 2.45) is 0 Å². The van der Waals surface area contributed by atoms with E-state index in [4.69, 9.17) is 11.5 Å². The molecule has 0 aliphatic heterocycles. The van der Waals surface area contributed by atoms with Gasteiger partial charge in [0.15, 0.2) is 5.03 Å². The summed E-state index contributed by atoms with van der Waals surface area (Å²) in [6, 6.07) is 12.8. The van der Waals surface area contributed by atoms with Crippen LogP contribution in [0.3, 0.4) is 0 Å². The van der Waals surface area contributed by atoms with Crippen LogP contribution in [-0.4, -0.2) is 18.2 Å². The summed E-state index contributed by atoms with van der Waals surface area (Å²) in [5, 5.41) is 6.14. The average molecular weight is 524 g/mol. The van der Waals surface area contributed by atoms with Crippen molar-refractivity contribution in [2.45, 2.75) is 9.92 Å². The fraction of sp³-hybridized carbons (Fsp3) is 0. The Labute approximate surface area is 177 Å². The summed E-state index contributed by atoms with van der Waals surface area (Å²) >= 11 is 3.25. The van der Waals surface area contributed by atoms with Crippen LogP contribution in [0.25, 0.3) is 16.5 Å². The zero-order valence-electron chi connectivity index (χ0n) is 14.2. The highest BCUT2D eigenvalue weighted by Crippen LogP contribution is 2.32. The molecule has 7 nitrogen and oxygen atoms in total. The summed E-state index contributed by atoms with van der Waals surface area (Å²) < 4.78 is 28.6. The highest BCUT2D eigenvalue weighted by molar-refractivity contribution is 14.1. The van der Waals surface area contributed by atoms with Gasteiger partial charge in [0.1, 0.15) is 0 Å². The minimum atomic E-state index is -4.00. The van der Waals surface area contributed by atoms with E-state index in [9.17, 15) is 13.2 Å². The fourth-order valence-electron chi connectivity index (χ4n) is 2.76. The van der Waals surface area contributed by atoms with Crippen molar-refractivity contribution in [1.82, 2.24) is 9.78 Å². The predicted molar refractivity (Wildman–Crippen MR) is 119 cm³/mol. The second-order valence-corrected chi connectivity index (χ2v) is 9.98. The molecule has 2 aromatic carbocycles. The molecule has 0 bridgehead atoms. The summed E-state index contributed by atoms with van der Waals surface area (Å²) in [6.45, 7) is 0. The Morgan fingerprint density at radius 3 is 2.29 bits per heavy atom. The lowest BCUT2D eigenvalue weighted by molar-refractivity contribution is 0.588. The number of anilines is 2. The summed E-state index contributed by atoms with van der Waals surface area (Å²) in [5.74, 6) is 0. The number of nitrogens with two attached hydrogens (primary N) is 2. The van der Waals surface area contributed by atoms with Gasteiger partial charge in [0.05, 0.1) is 21.0 Å². The van der Waals surface area contributed by atoms with Crippen LogP contribution in [0.4, 0.5) is 10.7 Å². The summed E-state index contributed by atoms with van der Waals surface area (Å²) in [5.41, 5.74) is 12.1. The molecule has 0 spiro atoms. The first-order chi connectivity index (χ1) is 13.3. The molecule has 0 aliphatic carbocycles. The third kappa shape index (κ3) is 3.06. The number of benzene rings is 2. The number of hydrogen-bond donors (Lipinski definition) is 2. The maximum atomic E-state index is 13.3. The van der Waals surface area contributed by atoms with Gasteiger partial charge in [-0.15, -0.1) is 11.3 Å². The Balaban J connectivity index is 2.06. The fourth-order valence-corrected chi connectivity index (χ4v) is 5.34. The van der Waals surface area contributed by atoms with Gasteiger partial charge in [0, 0.05) is 20.0 Å². The number of nitrogen functional groups attached to an aromatic ring is 2. The number of rotatable bonds is 3. The van der Waals surface area contributed by atoms with Gasteiger partial charge < -0.3 is 11.5 Å². The van der Waals surface area contributed by atoms with Gasteiger partial charge in [0.25, 0.3) is 5.56 Å². The van der Waals surface area contributed by atoms with E-state index >= 15 is 0 Å². The van der Waals surface area contributed by atoms with Gasteiger partial charge in [-0.2, -0.15) is 9.78 Å². The monoisotopic (exact) mass is 524 g/mol. The molecule has 0 fully saturated rings. The number of halogens is 1. The zero-order chi connectivity index (χ0) is 20.1. The second-order valence-electron chi connectivity index (χ2n) is 5.96. The topological polar surface area (TPSA) is 121 Å². The highest BCUT2D eigenvalue weighted by Gasteiger charge is 2.27. The van der Waals surface area contributed by atoms with Crippen LogP contribution in [0.1, 0.15) is 0 Å². The maximum Gasteiger partial charge on any atom is 0.282 e. The molecular weight excluding hydrogens is 511 g/mol. The van der Waals surface area contributed by atoms with E-state index < -0.39 is 15.4 Å². The van der Waals surface area contributed by atoms with Crippen LogP contribution >= 0.6 is 33.9 Å². The SMILES string of the molecule is Nc1ccc(S(=O)(=O)c2nn(-c3ccc(I)cc3)c(=O)c3c(N)scc23)cc1. The lowest BCUT2D eigenvalue weighted by Crippen LogP contribution is -2.24. The Morgan fingerprint density at radius 1 is 1.00 bits per heavy atom. The first kappa shape index (κ1) is 18.9. The molecule has 142 valence electrons. The number of nitrogens with zero attached hydrogens (tertiary/aromatic N) is 2. The van der Waals surface area contributed by atoms with Crippen LogP contribution < -0.4 is 17.0 Å². The van der Waals surface area contributed by atoms with E-state index in [1.165, 1.54) is 24.3 Å². The molecule has 0 saturated heterocycles. The van der Waals surface area contributed by atoms with E-state index in [1.807, 2.05) is 0 Å². The standard InChI is InChI=1S/C18H13IN4O3S2/c19-10-1-5-12(6-2-10)23-18(24)15-14(9-27-16(15)21)17(22-23)28(25,26)13-7-3-11(20)4-8-13/h1-9H,20-21H2. The van der Waals surface area contributed by atoms with E-state index in [2.05, 4.69) is 27.7 Å². The Hall–Kier alpha value is -2.44. The Kier molecular flexibility index (Phi) is 4.63. The lowest BCUT2D eigenvalue weighted by atomic mass is 10.3. The number of aromatic nitrogens is 2. The largest absolute Gasteiger partial charge is 0.399 e. The average Bonchev–Trinajstić information content (AvgIpc) is 3.05.